The van der Waals surface area contributed by atoms with Crippen molar-refractivity contribution in [3.63, 3.8) is 0 Å². The fraction of sp³-hybridized carbons (Fsp3) is 0.450. The van der Waals surface area contributed by atoms with E-state index in [1.54, 1.807) is 12.2 Å². The molecule has 128 valence electrons. The lowest BCUT2D eigenvalue weighted by molar-refractivity contribution is -0.131. The molecule has 0 aliphatic rings. The van der Waals surface area contributed by atoms with Gasteiger partial charge in [-0.1, -0.05) is 100 Å². The molecule has 0 spiro atoms. The molecule has 0 radical (unpaired) electrons. The van der Waals surface area contributed by atoms with Crippen LogP contribution in [0.4, 0.5) is 0 Å². The molecule has 0 aromatic heterocycles. The Balaban J connectivity index is 3.71. The Morgan fingerprint density at radius 2 is 1.35 bits per heavy atom. The third-order valence-corrected chi connectivity index (χ3v) is 3.20. The van der Waals surface area contributed by atoms with Crippen LogP contribution >= 0.6 is 0 Å². The number of aliphatic carboxylic acids is 1. The maximum Gasteiger partial charge on any atom is 0.328 e. The van der Waals surface area contributed by atoms with Gasteiger partial charge in [0.15, 0.2) is 0 Å². The molecule has 0 rings (SSSR count). The Morgan fingerprint density at radius 3 is 1.96 bits per heavy atom. The number of carbonyl (C=O) groups is 1. The number of carboxylic acids is 1. The lowest BCUT2D eigenvalue weighted by Crippen LogP contribution is -2.01. The molecule has 2 N–H and O–H groups in total. The van der Waals surface area contributed by atoms with Crippen LogP contribution in [-0.2, 0) is 4.79 Å². The summed E-state index contributed by atoms with van der Waals surface area (Å²) < 4.78 is 0. The summed E-state index contributed by atoms with van der Waals surface area (Å²) in [6, 6.07) is 0. The quantitative estimate of drug-likeness (QED) is 0.286. The Morgan fingerprint density at radius 1 is 0.826 bits per heavy atom. The molecule has 0 aromatic rings. The fourth-order valence-corrected chi connectivity index (χ4v) is 1.95. The van der Waals surface area contributed by atoms with Crippen LogP contribution in [0.25, 0.3) is 0 Å². The lowest BCUT2D eigenvalue weighted by Gasteiger charge is -2.04. The first kappa shape index (κ1) is 21.1. The van der Waals surface area contributed by atoms with Crippen LogP contribution < -0.4 is 0 Å². The molecule has 0 aliphatic carbocycles. The van der Waals surface area contributed by atoms with E-state index in [4.69, 9.17) is 5.11 Å². The summed E-state index contributed by atoms with van der Waals surface area (Å²) in [4.78, 5) is 10.2. The van der Waals surface area contributed by atoms with E-state index in [1.807, 2.05) is 36.5 Å². The van der Waals surface area contributed by atoms with Crippen LogP contribution in [0, 0.1) is 0 Å². The number of unbranched alkanes of at least 4 members (excludes halogenated alkanes) is 5. The molecule has 0 aliphatic heterocycles. The van der Waals surface area contributed by atoms with Gasteiger partial charge in [-0.15, -0.1) is 0 Å². The lowest BCUT2D eigenvalue weighted by atomic mass is 10.1. The van der Waals surface area contributed by atoms with Crippen molar-refractivity contribution < 1.29 is 15.0 Å². The molecule has 1 unspecified atom stereocenters. The smallest absolute Gasteiger partial charge is 0.328 e. The first-order chi connectivity index (χ1) is 11.2. The Labute approximate surface area is 140 Å². The van der Waals surface area contributed by atoms with Crippen molar-refractivity contribution in [3.8, 4) is 0 Å². The summed E-state index contributed by atoms with van der Waals surface area (Å²) in [5, 5.41) is 18.2. The summed E-state index contributed by atoms with van der Waals surface area (Å²) in [6.45, 7) is 2.21. The van der Waals surface area contributed by atoms with E-state index in [0.717, 1.165) is 18.9 Å². The van der Waals surface area contributed by atoms with E-state index in [0.29, 0.717) is 0 Å². The molecule has 0 fully saturated rings. The number of allylic oxidation sites excluding steroid dienone is 8. The van der Waals surface area contributed by atoms with Crippen LogP contribution in [0.3, 0.4) is 0 Å². The van der Waals surface area contributed by atoms with Gasteiger partial charge in [0, 0.05) is 6.08 Å². The van der Waals surface area contributed by atoms with Gasteiger partial charge in [-0.25, -0.2) is 4.79 Å². The van der Waals surface area contributed by atoms with Gasteiger partial charge in [0.05, 0.1) is 6.10 Å². The first-order valence-electron chi connectivity index (χ1n) is 8.42. The van der Waals surface area contributed by atoms with E-state index in [2.05, 4.69) is 6.92 Å². The number of aliphatic hydroxyl groups is 1. The zero-order valence-corrected chi connectivity index (χ0v) is 14.1. The minimum absolute atomic E-state index is 0.365. The average Bonchev–Trinajstić information content (AvgIpc) is 2.52. The number of rotatable bonds is 13. The van der Waals surface area contributed by atoms with Crippen LogP contribution in [0.15, 0.2) is 60.8 Å². The highest BCUT2D eigenvalue weighted by Gasteiger charge is 1.97. The van der Waals surface area contributed by atoms with E-state index < -0.39 is 5.97 Å². The molecule has 0 saturated heterocycles. The van der Waals surface area contributed by atoms with E-state index >= 15 is 0 Å². The highest BCUT2D eigenvalue weighted by Crippen LogP contribution is 2.09. The third-order valence-electron chi connectivity index (χ3n) is 3.20. The van der Waals surface area contributed by atoms with Crippen molar-refractivity contribution in [3.05, 3.63) is 60.8 Å². The van der Waals surface area contributed by atoms with Crippen molar-refractivity contribution in [2.75, 3.05) is 0 Å². The number of aliphatic hydroxyl groups excluding tert-OH is 1. The van der Waals surface area contributed by atoms with Crippen LogP contribution in [0.2, 0.25) is 0 Å². The van der Waals surface area contributed by atoms with Crippen molar-refractivity contribution in [1.29, 1.82) is 0 Å². The highest BCUT2D eigenvalue weighted by molar-refractivity contribution is 5.80. The molecular weight excluding hydrogens is 288 g/mol. The van der Waals surface area contributed by atoms with Gasteiger partial charge in [-0.3, -0.25) is 0 Å². The summed E-state index contributed by atoms with van der Waals surface area (Å²) in [6.07, 6.45) is 24.9. The largest absolute Gasteiger partial charge is 0.478 e. The molecular formula is C20H30O3. The highest BCUT2D eigenvalue weighted by atomic mass is 16.4. The SMILES string of the molecule is CCCCCCCCC(O)C=CC=CC=CC=CC=CC(=O)O. The predicted molar refractivity (Wildman–Crippen MR) is 97.3 cm³/mol. The van der Waals surface area contributed by atoms with Crippen molar-refractivity contribution in [2.45, 2.75) is 58.0 Å². The number of hydrogen-bond acceptors (Lipinski definition) is 2. The van der Waals surface area contributed by atoms with Crippen LogP contribution in [-0.4, -0.2) is 22.3 Å². The third kappa shape index (κ3) is 18.1. The summed E-state index contributed by atoms with van der Waals surface area (Å²) in [7, 11) is 0. The predicted octanol–water partition coefficient (Wildman–Crippen LogP) is 4.96. The minimum Gasteiger partial charge on any atom is -0.478 e. The second kappa shape index (κ2) is 16.5. The number of hydrogen-bond donors (Lipinski definition) is 2. The maximum atomic E-state index is 10.2. The molecule has 23 heavy (non-hydrogen) atoms. The monoisotopic (exact) mass is 318 g/mol. The van der Waals surface area contributed by atoms with Gasteiger partial charge >= 0.3 is 5.97 Å². The minimum atomic E-state index is -0.955. The Hall–Kier alpha value is -1.87. The molecule has 0 bridgehead atoms. The zero-order valence-electron chi connectivity index (χ0n) is 14.1. The van der Waals surface area contributed by atoms with E-state index in [9.17, 15) is 9.90 Å². The normalized spacial score (nSPS) is 14.2. The van der Waals surface area contributed by atoms with Gasteiger partial charge in [0.2, 0.25) is 0 Å². The topological polar surface area (TPSA) is 57.5 Å². The van der Waals surface area contributed by atoms with Crippen molar-refractivity contribution in [2.24, 2.45) is 0 Å². The fourth-order valence-electron chi connectivity index (χ4n) is 1.95. The molecule has 0 heterocycles. The Kier molecular flexibility index (Phi) is 15.2. The molecule has 3 heteroatoms. The van der Waals surface area contributed by atoms with Gasteiger partial charge in [0.25, 0.3) is 0 Å². The summed E-state index contributed by atoms with van der Waals surface area (Å²) in [5.41, 5.74) is 0. The maximum absolute atomic E-state index is 10.2. The number of carboxylic acid groups (broad SMARTS) is 1. The van der Waals surface area contributed by atoms with Crippen molar-refractivity contribution in [1.82, 2.24) is 0 Å². The molecule has 3 nitrogen and oxygen atoms in total. The second-order valence-electron chi connectivity index (χ2n) is 5.36. The molecule has 0 saturated carbocycles. The Bertz CT molecular complexity index is 428. The molecule has 0 amide bonds. The van der Waals surface area contributed by atoms with E-state index in [-0.39, 0.29) is 6.10 Å². The molecule has 0 aromatic carbocycles. The average molecular weight is 318 g/mol. The van der Waals surface area contributed by atoms with Crippen molar-refractivity contribution >= 4 is 5.97 Å². The van der Waals surface area contributed by atoms with Gasteiger partial charge < -0.3 is 10.2 Å². The van der Waals surface area contributed by atoms with Gasteiger partial charge in [-0.05, 0) is 6.42 Å². The van der Waals surface area contributed by atoms with Gasteiger partial charge in [0.1, 0.15) is 0 Å². The zero-order chi connectivity index (χ0) is 17.2. The molecule has 1 atom stereocenters. The summed E-state index contributed by atoms with van der Waals surface area (Å²) in [5.74, 6) is -0.955. The first-order valence-corrected chi connectivity index (χ1v) is 8.42. The van der Waals surface area contributed by atoms with E-state index in [1.165, 1.54) is 38.2 Å². The van der Waals surface area contributed by atoms with Gasteiger partial charge in [-0.2, -0.15) is 0 Å². The summed E-state index contributed by atoms with van der Waals surface area (Å²) >= 11 is 0. The second-order valence-corrected chi connectivity index (χ2v) is 5.36. The van der Waals surface area contributed by atoms with Crippen LogP contribution in [0.1, 0.15) is 51.9 Å². The standard InChI is InChI=1S/C20H30O3/c1-2-3-4-5-10-13-16-19(21)17-14-11-8-6-7-9-12-15-18-20(22)23/h6-9,11-12,14-15,17-19,21H,2-5,10,13,16H2,1H3,(H,22,23). The van der Waals surface area contributed by atoms with Crippen LogP contribution in [0.5, 0.6) is 0 Å².